The minimum absolute atomic E-state index is 0.406. The van der Waals surface area contributed by atoms with E-state index in [0.717, 1.165) is 12.8 Å². The first kappa shape index (κ1) is 15.6. The van der Waals surface area contributed by atoms with Gasteiger partial charge >= 0.3 is 0 Å². The molecule has 0 radical (unpaired) electrons. The summed E-state index contributed by atoms with van der Waals surface area (Å²) in [6.45, 7) is 6.09. The molecule has 0 heteroatoms. The van der Waals surface area contributed by atoms with Crippen LogP contribution in [0.25, 0.3) is 10.8 Å². The fourth-order valence-electron chi connectivity index (χ4n) is 3.23. The molecule has 0 saturated heterocycles. The number of unbranched alkanes of at least 4 members (excludes halogenated alkanes) is 1. The predicted molar refractivity (Wildman–Crippen MR) is 101 cm³/mol. The van der Waals surface area contributed by atoms with Crippen molar-refractivity contribution in [3.05, 3.63) is 96.1 Å². The molecule has 0 aromatic heterocycles. The summed E-state index contributed by atoms with van der Waals surface area (Å²) in [6, 6.07) is 24.4. The van der Waals surface area contributed by atoms with Gasteiger partial charge in [-0.05, 0) is 46.7 Å². The van der Waals surface area contributed by atoms with Crippen LogP contribution in [0.2, 0.25) is 0 Å². The van der Waals surface area contributed by atoms with E-state index >= 15 is 0 Å². The first-order chi connectivity index (χ1) is 11.3. The summed E-state index contributed by atoms with van der Waals surface area (Å²) >= 11 is 0. The van der Waals surface area contributed by atoms with Gasteiger partial charge < -0.3 is 0 Å². The van der Waals surface area contributed by atoms with Gasteiger partial charge in [-0.15, -0.1) is 6.58 Å². The lowest BCUT2D eigenvalue weighted by atomic mass is 9.89. The van der Waals surface area contributed by atoms with Crippen LogP contribution in [-0.4, -0.2) is 0 Å². The SMILES string of the molecule is C=CCCCc1ccc(C(C)c2cccc3ccccc23)cc1. The summed E-state index contributed by atoms with van der Waals surface area (Å²) in [7, 11) is 0. The molecule has 0 aliphatic carbocycles. The molecule has 0 amide bonds. The van der Waals surface area contributed by atoms with Gasteiger partial charge in [0, 0.05) is 5.92 Å². The number of rotatable bonds is 6. The van der Waals surface area contributed by atoms with Crippen molar-refractivity contribution in [2.45, 2.75) is 32.1 Å². The molecule has 3 aromatic carbocycles. The van der Waals surface area contributed by atoms with Gasteiger partial charge in [0.15, 0.2) is 0 Å². The van der Waals surface area contributed by atoms with Crippen molar-refractivity contribution in [1.82, 2.24) is 0 Å². The van der Waals surface area contributed by atoms with Crippen molar-refractivity contribution < 1.29 is 0 Å². The average molecular weight is 300 g/mol. The van der Waals surface area contributed by atoms with Crippen LogP contribution >= 0.6 is 0 Å². The number of fused-ring (bicyclic) bond motifs is 1. The minimum atomic E-state index is 0.406. The Morgan fingerprint density at radius 1 is 0.913 bits per heavy atom. The van der Waals surface area contributed by atoms with E-state index in [0.29, 0.717) is 5.92 Å². The van der Waals surface area contributed by atoms with E-state index in [2.05, 4.69) is 80.2 Å². The van der Waals surface area contributed by atoms with Crippen LogP contribution in [0.15, 0.2) is 79.4 Å². The summed E-state index contributed by atoms with van der Waals surface area (Å²) in [4.78, 5) is 0. The molecule has 0 aliphatic rings. The molecule has 0 aliphatic heterocycles. The van der Waals surface area contributed by atoms with Crippen LogP contribution in [0.3, 0.4) is 0 Å². The van der Waals surface area contributed by atoms with Crippen LogP contribution in [-0.2, 0) is 6.42 Å². The van der Waals surface area contributed by atoms with Crippen LogP contribution in [0.4, 0.5) is 0 Å². The highest BCUT2D eigenvalue weighted by Gasteiger charge is 2.11. The van der Waals surface area contributed by atoms with Crippen molar-refractivity contribution in [2.75, 3.05) is 0 Å². The Morgan fingerprint density at radius 3 is 2.43 bits per heavy atom. The number of benzene rings is 3. The van der Waals surface area contributed by atoms with Gasteiger partial charge in [0.2, 0.25) is 0 Å². The molecule has 0 saturated carbocycles. The highest BCUT2D eigenvalue weighted by molar-refractivity contribution is 5.86. The normalized spacial score (nSPS) is 12.2. The van der Waals surface area contributed by atoms with E-state index in [1.54, 1.807) is 0 Å². The van der Waals surface area contributed by atoms with E-state index < -0.39 is 0 Å². The van der Waals surface area contributed by atoms with Crippen molar-refractivity contribution in [3.63, 3.8) is 0 Å². The Labute approximate surface area is 139 Å². The third-order valence-electron chi connectivity index (χ3n) is 4.64. The summed E-state index contributed by atoms with van der Waals surface area (Å²) < 4.78 is 0. The maximum absolute atomic E-state index is 3.79. The third kappa shape index (κ3) is 3.53. The second-order valence-corrected chi connectivity index (χ2v) is 6.21. The first-order valence-corrected chi connectivity index (χ1v) is 8.47. The van der Waals surface area contributed by atoms with Crippen molar-refractivity contribution in [3.8, 4) is 0 Å². The Hall–Kier alpha value is -2.34. The second-order valence-electron chi connectivity index (χ2n) is 6.21. The quantitative estimate of drug-likeness (QED) is 0.360. The van der Waals surface area contributed by atoms with Gasteiger partial charge in [-0.1, -0.05) is 79.7 Å². The zero-order chi connectivity index (χ0) is 16.1. The van der Waals surface area contributed by atoms with Gasteiger partial charge in [-0.2, -0.15) is 0 Å². The van der Waals surface area contributed by atoms with Crippen LogP contribution in [0.5, 0.6) is 0 Å². The van der Waals surface area contributed by atoms with Gasteiger partial charge in [0.05, 0.1) is 0 Å². The Morgan fingerprint density at radius 2 is 1.65 bits per heavy atom. The Kier molecular flexibility index (Phi) is 4.92. The summed E-state index contributed by atoms with van der Waals surface area (Å²) in [5.74, 6) is 0.406. The van der Waals surface area contributed by atoms with Gasteiger partial charge in [0.25, 0.3) is 0 Å². The molecule has 116 valence electrons. The van der Waals surface area contributed by atoms with Crippen LogP contribution in [0.1, 0.15) is 42.4 Å². The molecule has 3 aromatic rings. The number of hydrogen-bond donors (Lipinski definition) is 0. The van der Waals surface area contributed by atoms with E-state index in [4.69, 9.17) is 0 Å². The predicted octanol–water partition coefficient (Wildman–Crippen LogP) is 6.50. The third-order valence-corrected chi connectivity index (χ3v) is 4.64. The molecular formula is C23H24. The maximum Gasteiger partial charge on any atom is 0.00671 e. The lowest BCUT2D eigenvalue weighted by molar-refractivity contribution is 0.841. The van der Waals surface area contributed by atoms with Gasteiger partial charge in [-0.3, -0.25) is 0 Å². The average Bonchev–Trinajstić information content (AvgIpc) is 2.61. The highest BCUT2D eigenvalue weighted by Crippen LogP contribution is 2.30. The van der Waals surface area contributed by atoms with Crippen molar-refractivity contribution >= 4 is 10.8 Å². The lowest BCUT2D eigenvalue weighted by Gasteiger charge is -2.16. The first-order valence-electron chi connectivity index (χ1n) is 8.47. The second kappa shape index (κ2) is 7.28. The van der Waals surface area contributed by atoms with E-state index in [-0.39, 0.29) is 0 Å². The molecule has 1 atom stereocenters. The standard InChI is InChI=1S/C23H24/c1-3-4-5-9-19-14-16-20(17-15-19)18(2)22-13-8-11-21-10-6-7-12-23(21)22/h3,6-8,10-18H,1,4-5,9H2,2H3. The van der Waals surface area contributed by atoms with Gasteiger partial charge in [-0.25, -0.2) is 0 Å². The molecule has 0 heterocycles. The number of aryl methyl sites for hydroxylation is 1. The van der Waals surface area contributed by atoms with Crippen molar-refractivity contribution in [2.24, 2.45) is 0 Å². The topological polar surface area (TPSA) is 0 Å². The summed E-state index contributed by atoms with van der Waals surface area (Å²) in [6.07, 6.45) is 5.40. The van der Waals surface area contributed by atoms with Crippen molar-refractivity contribution in [1.29, 1.82) is 0 Å². The molecule has 23 heavy (non-hydrogen) atoms. The molecule has 0 bridgehead atoms. The Bertz CT molecular complexity index is 775. The minimum Gasteiger partial charge on any atom is -0.103 e. The summed E-state index contributed by atoms with van der Waals surface area (Å²) in [5, 5.41) is 2.68. The Balaban J connectivity index is 1.84. The molecule has 0 spiro atoms. The van der Waals surface area contributed by atoms with Crippen LogP contribution in [0, 0.1) is 0 Å². The van der Waals surface area contributed by atoms with E-state index in [1.807, 2.05) is 6.08 Å². The monoisotopic (exact) mass is 300 g/mol. The summed E-state index contributed by atoms with van der Waals surface area (Å²) in [5.41, 5.74) is 4.21. The number of allylic oxidation sites excluding steroid dienone is 1. The van der Waals surface area contributed by atoms with Gasteiger partial charge in [0.1, 0.15) is 0 Å². The van der Waals surface area contributed by atoms with Crippen LogP contribution < -0.4 is 0 Å². The zero-order valence-corrected chi connectivity index (χ0v) is 13.8. The molecule has 3 rings (SSSR count). The fraction of sp³-hybridized carbons (Fsp3) is 0.217. The fourth-order valence-corrected chi connectivity index (χ4v) is 3.23. The zero-order valence-electron chi connectivity index (χ0n) is 13.8. The lowest BCUT2D eigenvalue weighted by Crippen LogP contribution is -1.97. The van der Waals surface area contributed by atoms with E-state index in [1.165, 1.54) is 33.9 Å². The maximum atomic E-state index is 3.79. The molecule has 1 unspecified atom stereocenters. The number of hydrogen-bond acceptors (Lipinski definition) is 0. The molecule has 0 N–H and O–H groups in total. The van der Waals surface area contributed by atoms with E-state index in [9.17, 15) is 0 Å². The molecule has 0 fully saturated rings. The smallest absolute Gasteiger partial charge is 0.00671 e. The molecular weight excluding hydrogens is 276 g/mol. The molecule has 0 nitrogen and oxygen atoms in total. The largest absolute Gasteiger partial charge is 0.103 e. The highest BCUT2D eigenvalue weighted by atomic mass is 14.2.